The fraction of sp³-hybridized carbons (Fsp3) is 0.462. The molecule has 1 rings (SSSR count). The molecule has 0 saturated carbocycles. The van der Waals surface area contributed by atoms with E-state index in [9.17, 15) is 10.1 Å². The summed E-state index contributed by atoms with van der Waals surface area (Å²) in [5.41, 5.74) is 0.0610. The maximum absolute atomic E-state index is 10.6. The number of non-ortho nitro benzene ring substituents is 1. The van der Waals surface area contributed by atoms with Crippen LogP contribution in [0.5, 0.6) is 5.75 Å². The molecule has 6 nitrogen and oxygen atoms in total. The first-order valence-corrected chi connectivity index (χ1v) is 5.92. The van der Waals surface area contributed by atoms with Crippen LogP contribution in [0.15, 0.2) is 18.2 Å². The normalized spacial score (nSPS) is 11.6. The van der Waals surface area contributed by atoms with Crippen molar-refractivity contribution in [2.75, 3.05) is 13.7 Å². The molecule has 19 heavy (non-hydrogen) atoms. The molecule has 1 aromatic rings. The number of nitro benzene ring substituents is 1. The van der Waals surface area contributed by atoms with E-state index in [0.29, 0.717) is 12.4 Å². The summed E-state index contributed by atoms with van der Waals surface area (Å²) in [6, 6.07) is 5.90. The van der Waals surface area contributed by atoms with Crippen molar-refractivity contribution in [3.8, 4) is 11.8 Å². The SMILES string of the molecule is COC(C)CCCOc1ccc([N+](=O)[O-])cc1C#N. The number of rotatable bonds is 7. The number of hydrogen-bond donors (Lipinski definition) is 0. The van der Waals surface area contributed by atoms with E-state index >= 15 is 0 Å². The molecule has 0 bridgehead atoms. The summed E-state index contributed by atoms with van der Waals surface area (Å²) in [5, 5.41) is 19.5. The molecular formula is C13H16N2O4. The second-order valence-electron chi connectivity index (χ2n) is 4.09. The molecule has 0 aliphatic rings. The third-order valence-electron chi connectivity index (χ3n) is 2.71. The Balaban J connectivity index is 2.59. The number of nitriles is 1. The Hall–Kier alpha value is -2.13. The molecule has 0 N–H and O–H groups in total. The summed E-state index contributed by atoms with van der Waals surface area (Å²) in [7, 11) is 1.65. The van der Waals surface area contributed by atoms with E-state index in [2.05, 4.69) is 0 Å². The third-order valence-corrected chi connectivity index (χ3v) is 2.71. The molecule has 0 aliphatic carbocycles. The monoisotopic (exact) mass is 264 g/mol. The first-order valence-electron chi connectivity index (χ1n) is 5.92. The van der Waals surface area contributed by atoms with Gasteiger partial charge in [0.1, 0.15) is 17.4 Å². The Morgan fingerprint density at radius 3 is 2.84 bits per heavy atom. The van der Waals surface area contributed by atoms with Gasteiger partial charge in [0.15, 0.2) is 0 Å². The molecule has 0 aromatic heterocycles. The van der Waals surface area contributed by atoms with Gasteiger partial charge in [0.2, 0.25) is 0 Å². The molecule has 1 aromatic carbocycles. The van der Waals surface area contributed by atoms with Crippen LogP contribution in [-0.2, 0) is 4.74 Å². The number of methoxy groups -OCH3 is 1. The van der Waals surface area contributed by atoms with Crippen LogP contribution in [0, 0.1) is 21.4 Å². The van der Waals surface area contributed by atoms with Crippen LogP contribution in [0.1, 0.15) is 25.3 Å². The van der Waals surface area contributed by atoms with Gasteiger partial charge in [-0.2, -0.15) is 5.26 Å². The molecule has 0 saturated heterocycles. The predicted molar refractivity (Wildman–Crippen MR) is 69.0 cm³/mol. The van der Waals surface area contributed by atoms with Gasteiger partial charge in [-0.05, 0) is 25.8 Å². The van der Waals surface area contributed by atoms with Gasteiger partial charge in [-0.15, -0.1) is 0 Å². The highest BCUT2D eigenvalue weighted by Crippen LogP contribution is 2.23. The van der Waals surface area contributed by atoms with Crippen molar-refractivity contribution in [2.24, 2.45) is 0 Å². The molecule has 0 fully saturated rings. The standard InChI is InChI=1S/C13H16N2O4/c1-10(18-2)4-3-7-19-13-6-5-12(15(16)17)8-11(13)9-14/h5-6,8,10H,3-4,7H2,1-2H3. The Kier molecular flexibility index (Phi) is 5.76. The van der Waals surface area contributed by atoms with E-state index in [1.54, 1.807) is 7.11 Å². The fourth-order valence-corrected chi connectivity index (χ4v) is 1.52. The van der Waals surface area contributed by atoms with E-state index in [1.807, 2.05) is 13.0 Å². The minimum atomic E-state index is -0.537. The zero-order valence-corrected chi connectivity index (χ0v) is 11.0. The Morgan fingerprint density at radius 2 is 2.26 bits per heavy atom. The predicted octanol–water partition coefficient (Wildman–Crippen LogP) is 2.66. The number of nitro groups is 1. The summed E-state index contributed by atoms with van der Waals surface area (Å²) in [6.07, 6.45) is 1.80. The van der Waals surface area contributed by atoms with Crippen molar-refractivity contribution >= 4 is 5.69 Å². The van der Waals surface area contributed by atoms with Crippen molar-refractivity contribution < 1.29 is 14.4 Å². The first kappa shape index (κ1) is 14.9. The number of nitrogens with zero attached hydrogens (tertiary/aromatic N) is 2. The minimum absolute atomic E-state index is 0.114. The molecule has 0 heterocycles. The Bertz CT molecular complexity index is 482. The second kappa shape index (κ2) is 7.34. The fourth-order valence-electron chi connectivity index (χ4n) is 1.52. The molecule has 6 heteroatoms. The van der Waals surface area contributed by atoms with Crippen LogP contribution in [0.2, 0.25) is 0 Å². The van der Waals surface area contributed by atoms with Gasteiger partial charge >= 0.3 is 0 Å². The average Bonchev–Trinajstić information content (AvgIpc) is 2.42. The van der Waals surface area contributed by atoms with Gasteiger partial charge in [-0.1, -0.05) is 0 Å². The second-order valence-corrected chi connectivity index (χ2v) is 4.09. The van der Waals surface area contributed by atoms with Crippen molar-refractivity contribution in [3.63, 3.8) is 0 Å². The van der Waals surface area contributed by atoms with E-state index in [1.165, 1.54) is 18.2 Å². The lowest BCUT2D eigenvalue weighted by Crippen LogP contribution is -2.07. The largest absolute Gasteiger partial charge is 0.492 e. The highest BCUT2D eigenvalue weighted by atomic mass is 16.6. The van der Waals surface area contributed by atoms with Crippen molar-refractivity contribution in [3.05, 3.63) is 33.9 Å². The lowest BCUT2D eigenvalue weighted by atomic mass is 10.2. The summed E-state index contributed by atoms with van der Waals surface area (Å²) >= 11 is 0. The average molecular weight is 264 g/mol. The molecular weight excluding hydrogens is 248 g/mol. The van der Waals surface area contributed by atoms with Gasteiger partial charge in [-0.25, -0.2) is 0 Å². The van der Waals surface area contributed by atoms with Crippen molar-refractivity contribution in [1.29, 1.82) is 5.26 Å². The number of ether oxygens (including phenoxy) is 2. The number of benzene rings is 1. The van der Waals surface area contributed by atoms with Gasteiger partial charge in [0.25, 0.3) is 5.69 Å². The van der Waals surface area contributed by atoms with E-state index in [-0.39, 0.29) is 17.4 Å². The Morgan fingerprint density at radius 1 is 1.53 bits per heavy atom. The van der Waals surface area contributed by atoms with Gasteiger partial charge in [-0.3, -0.25) is 10.1 Å². The molecule has 0 aliphatic heterocycles. The van der Waals surface area contributed by atoms with Gasteiger partial charge in [0.05, 0.1) is 17.6 Å². The highest BCUT2D eigenvalue weighted by Gasteiger charge is 2.11. The zero-order valence-electron chi connectivity index (χ0n) is 11.0. The molecule has 1 atom stereocenters. The molecule has 1 unspecified atom stereocenters. The maximum Gasteiger partial charge on any atom is 0.271 e. The smallest absolute Gasteiger partial charge is 0.271 e. The van der Waals surface area contributed by atoms with Crippen molar-refractivity contribution in [1.82, 2.24) is 0 Å². The number of hydrogen-bond acceptors (Lipinski definition) is 5. The molecule has 0 radical (unpaired) electrons. The van der Waals surface area contributed by atoms with Crippen LogP contribution < -0.4 is 4.74 Å². The quantitative estimate of drug-likeness (QED) is 0.429. The summed E-state index contributed by atoms with van der Waals surface area (Å²) in [4.78, 5) is 10.1. The third kappa shape index (κ3) is 4.56. The molecule has 0 amide bonds. The van der Waals surface area contributed by atoms with E-state index in [0.717, 1.165) is 12.8 Å². The molecule has 0 spiro atoms. The lowest BCUT2D eigenvalue weighted by Gasteiger charge is -2.10. The zero-order chi connectivity index (χ0) is 14.3. The van der Waals surface area contributed by atoms with E-state index in [4.69, 9.17) is 14.7 Å². The highest BCUT2D eigenvalue weighted by molar-refractivity contribution is 5.50. The maximum atomic E-state index is 10.6. The molecule has 102 valence electrons. The first-order chi connectivity index (χ1) is 9.08. The van der Waals surface area contributed by atoms with Crippen LogP contribution in [0.25, 0.3) is 0 Å². The van der Waals surface area contributed by atoms with Crippen LogP contribution in [0.4, 0.5) is 5.69 Å². The van der Waals surface area contributed by atoms with Crippen LogP contribution >= 0.6 is 0 Å². The van der Waals surface area contributed by atoms with E-state index < -0.39 is 4.92 Å². The topological polar surface area (TPSA) is 85.4 Å². The summed E-state index contributed by atoms with van der Waals surface area (Å²) in [5.74, 6) is 0.373. The van der Waals surface area contributed by atoms with Gasteiger partial charge < -0.3 is 9.47 Å². The summed E-state index contributed by atoms with van der Waals surface area (Å²) < 4.78 is 10.6. The Labute approximate surface area is 111 Å². The van der Waals surface area contributed by atoms with Crippen molar-refractivity contribution in [2.45, 2.75) is 25.9 Å². The van der Waals surface area contributed by atoms with Crippen LogP contribution in [-0.4, -0.2) is 24.7 Å². The van der Waals surface area contributed by atoms with Gasteiger partial charge in [0, 0.05) is 19.2 Å². The lowest BCUT2D eigenvalue weighted by molar-refractivity contribution is -0.384. The summed E-state index contributed by atoms with van der Waals surface area (Å²) in [6.45, 7) is 2.41. The minimum Gasteiger partial charge on any atom is -0.492 e. The van der Waals surface area contributed by atoms with Crippen LogP contribution in [0.3, 0.4) is 0 Å².